The summed E-state index contributed by atoms with van der Waals surface area (Å²) < 4.78 is 27.0. The van der Waals surface area contributed by atoms with Crippen molar-refractivity contribution in [1.82, 2.24) is 9.88 Å². The molecular weight excluding hydrogens is 350 g/mol. The molecule has 0 spiro atoms. The molecular formula is C16H18ClN3O3S. The largest absolute Gasteiger partial charge is 0.339 e. The molecule has 128 valence electrons. The number of nitrogens with one attached hydrogen (secondary N) is 1. The van der Waals surface area contributed by atoms with Gasteiger partial charge in [0, 0.05) is 30.5 Å². The highest BCUT2D eigenvalue weighted by Gasteiger charge is 2.16. The highest BCUT2D eigenvalue weighted by Crippen LogP contribution is 2.18. The summed E-state index contributed by atoms with van der Waals surface area (Å²) in [6.07, 6.45) is 1.18. The van der Waals surface area contributed by atoms with Gasteiger partial charge in [-0.15, -0.1) is 0 Å². The molecule has 8 heteroatoms. The van der Waals surface area contributed by atoms with Gasteiger partial charge in [0.15, 0.2) is 0 Å². The molecule has 24 heavy (non-hydrogen) atoms. The molecule has 1 aromatic carbocycles. The molecule has 0 saturated heterocycles. The summed E-state index contributed by atoms with van der Waals surface area (Å²) >= 11 is 5.66. The van der Waals surface area contributed by atoms with E-state index in [0.717, 1.165) is 0 Å². The van der Waals surface area contributed by atoms with E-state index in [2.05, 4.69) is 9.71 Å². The molecule has 0 fully saturated rings. The van der Waals surface area contributed by atoms with Crippen LogP contribution in [0.25, 0.3) is 0 Å². The monoisotopic (exact) mass is 367 g/mol. The predicted octanol–water partition coefficient (Wildman–Crippen LogP) is 3.02. The highest BCUT2D eigenvalue weighted by atomic mass is 35.5. The van der Waals surface area contributed by atoms with Gasteiger partial charge in [0.05, 0.1) is 0 Å². The lowest BCUT2D eigenvalue weighted by Crippen LogP contribution is -2.30. The summed E-state index contributed by atoms with van der Waals surface area (Å²) in [6.45, 7) is 5.05. The second-order valence-corrected chi connectivity index (χ2v) is 7.05. The van der Waals surface area contributed by atoms with Gasteiger partial charge in [0.1, 0.15) is 10.0 Å². The number of rotatable bonds is 6. The van der Waals surface area contributed by atoms with E-state index in [9.17, 15) is 13.2 Å². The van der Waals surface area contributed by atoms with Crippen molar-refractivity contribution in [3.63, 3.8) is 0 Å². The number of benzene rings is 1. The number of carbonyl (C=O) groups excluding carboxylic acids is 1. The fraction of sp³-hybridized carbons (Fsp3) is 0.250. The molecule has 0 saturated carbocycles. The van der Waals surface area contributed by atoms with Crippen molar-refractivity contribution >= 4 is 33.2 Å². The molecule has 1 N–H and O–H groups in total. The number of nitrogens with zero attached hydrogens (tertiary/aromatic N) is 2. The zero-order valence-electron chi connectivity index (χ0n) is 13.4. The maximum Gasteiger partial charge on any atom is 0.263 e. The summed E-state index contributed by atoms with van der Waals surface area (Å²) in [7, 11) is -3.76. The zero-order valence-corrected chi connectivity index (χ0v) is 14.9. The van der Waals surface area contributed by atoms with E-state index < -0.39 is 10.0 Å². The highest BCUT2D eigenvalue weighted by molar-refractivity contribution is 7.92. The van der Waals surface area contributed by atoms with E-state index in [1.807, 2.05) is 13.8 Å². The van der Waals surface area contributed by atoms with Gasteiger partial charge in [-0.1, -0.05) is 11.6 Å². The summed E-state index contributed by atoms with van der Waals surface area (Å²) in [5.41, 5.74) is 0.871. The number of hydrogen-bond acceptors (Lipinski definition) is 4. The van der Waals surface area contributed by atoms with E-state index in [0.29, 0.717) is 24.3 Å². The Hall–Kier alpha value is -2.12. The van der Waals surface area contributed by atoms with Gasteiger partial charge >= 0.3 is 0 Å². The normalized spacial score (nSPS) is 11.1. The third-order valence-electron chi connectivity index (χ3n) is 3.45. The maximum absolute atomic E-state index is 12.3. The molecule has 0 aliphatic carbocycles. The number of amides is 1. The third-order valence-corrected chi connectivity index (χ3v) is 5.04. The van der Waals surface area contributed by atoms with Crippen LogP contribution in [0, 0.1) is 0 Å². The predicted molar refractivity (Wildman–Crippen MR) is 93.7 cm³/mol. The van der Waals surface area contributed by atoms with E-state index in [1.54, 1.807) is 29.2 Å². The second kappa shape index (κ2) is 7.63. The quantitative estimate of drug-likeness (QED) is 0.796. The minimum absolute atomic E-state index is 0.00944. The molecule has 2 aromatic rings. The minimum Gasteiger partial charge on any atom is -0.339 e. The molecule has 6 nitrogen and oxygen atoms in total. The van der Waals surface area contributed by atoms with Gasteiger partial charge < -0.3 is 4.90 Å². The van der Waals surface area contributed by atoms with Crippen LogP contribution in [0.15, 0.2) is 47.5 Å². The maximum atomic E-state index is 12.3. The first-order valence-electron chi connectivity index (χ1n) is 7.41. The van der Waals surface area contributed by atoms with Crippen LogP contribution in [-0.2, 0) is 10.0 Å². The van der Waals surface area contributed by atoms with Gasteiger partial charge in [-0.25, -0.2) is 13.4 Å². The Morgan fingerprint density at radius 2 is 1.75 bits per heavy atom. The fourth-order valence-electron chi connectivity index (χ4n) is 2.11. The van der Waals surface area contributed by atoms with Crippen molar-refractivity contribution in [2.75, 3.05) is 17.8 Å². The Morgan fingerprint density at radius 3 is 2.25 bits per heavy atom. The van der Waals surface area contributed by atoms with Gasteiger partial charge in [0.2, 0.25) is 0 Å². The molecule has 0 radical (unpaired) electrons. The summed E-state index contributed by atoms with van der Waals surface area (Å²) in [6, 6.07) is 9.07. The Balaban J connectivity index is 2.16. The van der Waals surface area contributed by atoms with Gasteiger partial charge in [-0.3, -0.25) is 9.52 Å². The van der Waals surface area contributed by atoms with Crippen molar-refractivity contribution in [3.8, 4) is 0 Å². The molecule has 0 bridgehead atoms. The Morgan fingerprint density at radius 1 is 1.12 bits per heavy atom. The lowest BCUT2D eigenvalue weighted by Gasteiger charge is -2.18. The number of halogens is 1. The van der Waals surface area contributed by atoms with E-state index >= 15 is 0 Å². The molecule has 2 rings (SSSR count). The zero-order chi connectivity index (χ0) is 17.7. The molecule has 1 amide bonds. The van der Waals surface area contributed by atoms with E-state index in [-0.39, 0.29) is 16.0 Å². The Kier molecular flexibility index (Phi) is 5.80. The Labute approximate surface area is 146 Å². The van der Waals surface area contributed by atoms with E-state index in [1.165, 1.54) is 18.3 Å². The standard InChI is InChI=1S/C16H18ClN3O3S/c1-3-20(4-2)16(21)12-5-7-13(8-6-12)19-24(22,23)14-9-10-15(17)18-11-14/h5-11,19H,3-4H2,1-2H3. The average Bonchev–Trinajstić information content (AvgIpc) is 2.56. The van der Waals surface area contributed by atoms with Crippen LogP contribution in [0.1, 0.15) is 24.2 Å². The van der Waals surface area contributed by atoms with Crippen LogP contribution in [-0.4, -0.2) is 37.3 Å². The Bertz CT molecular complexity index is 801. The van der Waals surface area contributed by atoms with Gasteiger partial charge in [0.25, 0.3) is 15.9 Å². The number of pyridine rings is 1. The summed E-state index contributed by atoms with van der Waals surface area (Å²) in [5, 5.41) is 0.216. The smallest absolute Gasteiger partial charge is 0.263 e. The van der Waals surface area contributed by atoms with Gasteiger partial charge in [-0.2, -0.15) is 0 Å². The number of anilines is 1. The van der Waals surface area contributed by atoms with Crippen LogP contribution in [0.2, 0.25) is 5.15 Å². The average molecular weight is 368 g/mol. The lowest BCUT2D eigenvalue weighted by atomic mass is 10.2. The van der Waals surface area contributed by atoms with Crippen molar-refractivity contribution < 1.29 is 13.2 Å². The van der Waals surface area contributed by atoms with Crippen molar-refractivity contribution in [3.05, 3.63) is 53.3 Å². The molecule has 1 aromatic heterocycles. The summed E-state index contributed by atoms with van der Waals surface area (Å²) in [4.78, 5) is 17.7. The molecule has 1 heterocycles. The molecule has 0 aliphatic rings. The second-order valence-electron chi connectivity index (χ2n) is 4.98. The number of carbonyl (C=O) groups is 1. The van der Waals surface area contributed by atoms with Crippen molar-refractivity contribution in [2.45, 2.75) is 18.7 Å². The minimum atomic E-state index is -3.76. The van der Waals surface area contributed by atoms with Gasteiger partial charge in [-0.05, 0) is 50.2 Å². The van der Waals surface area contributed by atoms with Crippen molar-refractivity contribution in [2.24, 2.45) is 0 Å². The number of hydrogen-bond donors (Lipinski definition) is 1. The lowest BCUT2D eigenvalue weighted by molar-refractivity contribution is 0.0773. The first kappa shape index (κ1) is 18.2. The van der Waals surface area contributed by atoms with Crippen molar-refractivity contribution in [1.29, 1.82) is 0 Å². The SMILES string of the molecule is CCN(CC)C(=O)c1ccc(NS(=O)(=O)c2ccc(Cl)nc2)cc1. The van der Waals surface area contributed by atoms with E-state index in [4.69, 9.17) is 11.6 Å². The van der Waals surface area contributed by atoms with Crippen LogP contribution in [0.3, 0.4) is 0 Å². The molecule has 0 aliphatic heterocycles. The van der Waals surface area contributed by atoms with Crippen LogP contribution in [0.5, 0.6) is 0 Å². The fourth-order valence-corrected chi connectivity index (χ4v) is 3.22. The topological polar surface area (TPSA) is 79.4 Å². The molecule has 0 unspecified atom stereocenters. The van der Waals surface area contributed by atoms with Crippen LogP contribution in [0.4, 0.5) is 5.69 Å². The van der Waals surface area contributed by atoms with Crippen LogP contribution < -0.4 is 4.72 Å². The first-order valence-corrected chi connectivity index (χ1v) is 9.27. The molecule has 0 atom stereocenters. The number of aromatic nitrogens is 1. The first-order chi connectivity index (χ1) is 11.4. The van der Waals surface area contributed by atoms with Crippen LogP contribution >= 0.6 is 11.6 Å². The third kappa shape index (κ3) is 4.24. The number of sulfonamides is 1. The summed E-state index contributed by atoms with van der Waals surface area (Å²) in [5.74, 6) is -0.0868.